The molecule has 1 aliphatic rings. The zero-order chi connectivity index (χ0) is 24.0. The number of nitrogens with two attached hydrogens (primary N) is 2. The number of nitrogens with one attached hydrogen (secondary N) is 1. The lowest BCUT2D eigenvalue weighted by Gasteiger charge is -2.23. The number of carbonyl (C=O) groups is 4. The Kier molecular flexibility index (Phi) is 8.96. The number of aliphatic carboxylic acids is 1. The Morgan fingerprint density at radius 2 is 1.71 bits per heavy atom. The van der Waals surface area contributed by atoms with E-state index < -0.39 is 23.9 Å². The van der Waals surface area contributed by atoms with Crippen LogP contribution >= 0.6 is 12.4 Å². The van der Waals surface area contributed by atoms with Gasteiger partial charge in [0.1, 0.15) is 6.54 Å². The number of nitrogens with zero attached hydrogens (tertiary/aromatic N) is 3. The molecule has 0 aliphatic carbocycles. The molecule has 0 saturated carbocycles. The van der Waals surface area contributed by atoms with Crippen LogP contribution in [0.15, 0.2) is 59.6 Å². The van der Waals surface area contributed by atoms with E-state index >= 15 is 0 Å². The van der Waals surface area contributed by atoms with Crippen LogP contribution in [0.2, 0.25) is 0 Å². The number of carboxylic acid groups (broad SMARTS) is 1. The summed E-state index contributed by atoms with van der Waals surface area (Å²) in [6.07, 6.45) is 0.383. The van der Waals surface area contributed by atoms with Crippen LogP contribution in [-0.4, -0.2) is 64.3 Å². The maximum absolute atomic E-state index is 12.7. The number of imide groups is 1. The number of rotatable bonds is 9. The monoisotopic (exact) mass is 488 g/mol. The number of carboxylic acids is 1. The van der Waals surface area contributed by atoms with E-state index in [9.17, 15) is 24.3 Å². The summed E-state index contributed by atoms with van der Waals surface area (Å²) in [5.74, 6) is -2.27. The maximum Gasteiger partial charge on any atom is 0.331 e. The van der Waals surface area contributed by atoms with Gasteiger partial charge >= 0.3 is 12.0 Å². The maximum atomic E-state index is 12.7. The van der Waals surface area contributed by atoms with Gasteiger partial charge in [0.2, 0.25) is 0 Å². The fourth-order valence-corrected chi connectivity index (χ4v) is 3.44. The van der Waals surface area contributed by atoms with Crippen LogP contribution in [-0.2, 0) is 9.59 Å². The van der Waals surface area contributed by atoms with E-state index in [4.69, 9.17) is 11.5 Å². The van der Waals surface area contributed by atoms with Gasteiger partial charge in [-0.05, 0) is 36.2 Å². The second-order valence-electron chi connectivity index (χ2n) is 7.31. The summed E-state index contributed by atoms with van der Waals surface area (Å²) in [5.41, 5.74) is 11.9. The van der Waals surface area contributed by atoms with Crippen LogP contribution in [0.3, 0.4) is 0 Å². The third-order valence-electron chi connectivity index (χ3n) is 4.96. The number of halogens is 1. The van der Waals surface area contributed by atoms with Crippen LogP contribution in [0, 0.1) is 0 Å². The average Bonchev–Trinajstić information content (AvgIpc) is 3.05. The quantitative estimate of drug-likeness (QED) is 0.178. The van der Waals surface area contributed by atoms with E-state index in [1.54, 1.807) is 54.6 Å². The summed E-state index contributed by atoms with van der Waals surface area (Å²) < 4.78 is 0. The van der Waals surface area contributed by atoms with Crippen molar-refractivity contribution in [3.05, 3.63) is 65.7 Å². The number of carbonyl (C=O) groups excluding carboxylic acids is 3. The molecule has 0 bridgehead atoms. The van der Waals surface area contributed by atoms with E-state index in [1.807, 2.05) is 0 Å². The average molecular weight is 489 g/mol. The molecule has 1 heterocycles. The second kappa shape index (κ2) is 11.7. The Balaban J connectivity index is 0.00000408. The summed E-state index contributed by atoms with van der Waals surface area (Å²) in [6, 6.07) is 12.4. The highest BCUT2D eigenvalue weighted by molar-refractivity contribution is 6.05. The van der Waals surface area contributed by atoms with Gasteiger partial charge in [-0.1, -0.05) is 30.3 Å². The van der Waals surface area contributed by atoms with E-state index in [0.29, 0.717) is 23.2 Å². The first-order valence-electron chi connectivity index (χ1n) is 10.1. The number of benzene rings is 2. The van der Waals surface area contributed by atoms with Gasteiger partial charge in [-0.25, -0.2) is 19.5 Å². The number of urea groups is 1. The van der Waals surface area contributed by atoms with Gasteiger partial charge in [0, 0.05) is 18.7 Å². The lowest BCUT2D eigenvalue weighted by atomic mass is 10.1. The predicted octanol–water partition coefficient (Wildman–Crippen LogP) is 1.22. The van der Waals surface area contributed by atoms with Crippen molar-refractivity contribution in [3.8, 4) is 0 Å². The van der Waals surface area contributed by atoms with Crippen LogP contribution in [0.5, 0.6) is 0 Å². The molecule has 1 atom stereocenters. The molecule has 4 amide bonds. The van der Waals surface area contributed by atoms with E-state index in [1.165, 1.54) is 4.90 Å². The highest BCUT2D eigenvalue weighted by Crippen LogP contribution is 2.26. The number of hydrogen-bond acceptors (Lipinski definition) is 5. The molecule has 6 N–H and O–H groups in total. The van der Waals surface area contributed by atoms with Crippen molar-refractivity contribution in [2.45, 2.75) is 12.5 Å². The highest BCUT2D eigenvalue weighted by Gasteiger charge is 2.43. The molecule has 12 heteroatoms. The van der Waals surface area contributed by atoms with Gasteiger partial charge in [-0.3, -0.25) is 9.59 Å². The Bertz CT molecular complexity index is 1070. The number of aliphatic imine (C=N–C) groups is 1. The smallest absolute Gasteiger partial charge is 0.331 e. The van der Waals surface area contributed by atoms with Crippen molar-refractivity contribution in [2.24, 2.45) is 16.5 Å². The Morgan fingerprint density at radius 3 is 2.29 bits per heavy atom. The lowest BCUT2D eigenvalue weighted by molar-refractivity contribution is -0.146. The zero-order valence-electron chi connectivity index (χ0n) is 18.1. The number of hydrogen-bond donors (Lipinski definition) is 4. The van der Waals surface area contributed by atoms with E-state index in [-0.39, 0.29) is 43.9 Å². The lowest BCUT2D eigenvalue weighted by Crippen LogP contribution is -2.40. The normalized spacial score (nSPS) is 13.8. The first kappa shape index (κ1) is 26.1. The molecule has 0 aromatic heterocycles. The molecule has 180 valence electrons. The standard InChI is InChI=1S/C22H24N6O5.ClH/c23-21(24)26-16-9-7-15(8-10-16)19(30)25-11-4-12-27-13-17(29)28(22(27)33)18(20(31)32)14-5-2-1-3-6-14;/h1-3,5-10,18H,4,11-13H2,(H,25,30)(H,31,32)(H4,23,24,26);1H. The van der Waals surface area contributed by atoms with Crippen LogP contribution < -0.4 is 16.8 Å². The third kappa shape index (κ3) is 6.23. The fraction of sp³-hybridized carbons (Fsp3) is 0.227. The summed E-state index contributed by atoms with van der Waals surface area (Å²) in [7, 11) is 0. The van der Waals surface area contributed by atoms with Crippen LogP contribution in [0.25, 0.3) is 0 Å². The van der Waals surface area contributed by atoms with Crippen molar-refractivity contribution < 1.29 is 24.3 Å². The molecular formula is C22H25ClN6O5. The minimum atomic E-state index is -1.39. The van der Waals surface area contributed by atoms with Crippen molar-refractivity contribution in [1.29, 1.82) is 0 Å². The first-order chi connectivity index (χ1) is 15.8. The van der Waals surface area contributed by atoms with Gasteiger partial charge in [-0.2, -0.15) is 0 Å². The SMILES string of the molecule is Cl.NC(N)=Nc1ccc(C(=O)NCCCN2CC(=O)N(C(C(=O)O)c3ccccc3)C2=O)cc1. The van der Waals surface area contributed by atoms with E-state index in [2.05, 4.69) is 10.3 Å². The van der Waals surface area contributed by atoms with Crippen LogP contribution in [0.1, 0.15) is 28.4 Å². The summed E-state index contributed by atoms with van der Waals surface area (Å²) in [6.45, 7) is 0.231. The van der Waals surface area contributed by atoms with Gasteiger partial charge in [0.25, 0.3) is 11.8 Å². The predicted molar refractivity (Wildman–Crippen MR) is 127 cm³/mol. The van der Waals surface area contributed by atoms with Gasteiger partial charge < -0.3 is 26.8 Å². The summed E-state index contributed by atoms with van der Waals surface area (Å²) in [4.78, 5) is 55.2. The molecule has 1 aliphatic heterocycles. The third-order valence-corrected chi connectivity index (χ3v) is 4.96. The number of amides is 4. The Morgan fingerprint density at radius 1 is 1.06 bits per heavy atom. The topological polar surface area (TPSA) is 171 Å². The van der Waals surface area contributed by atoms with Crippen molar-refractivity contribution in [1.82, 2.24) is 15.1 Å². The van der Waals surface area contributed by atoms with Crippen molar-refractivity contribution in [3.63, 3.8) is 0 Å². The first-order valence-corrected chi connectivity index (χ1v) is 10.1. The largest absolute Gasteiger partial charge is 0.479 e. The Hall–Kier alpha value is -4.12. The molecule has 0 radical (unpaired) electrons. The molecule has 34 heavy (non-hydrogen) atoms. The van der Waals surface area contributed by atoms with E-state index in [0.717, 1.165) is 4.90 Å². The molecule has 2 aromatic rings. The Labute approximate surface area is 201 Å². The molecular weight excluding hydrogens is 464 g/mol. The van der Waals surface area contributed by atoms with Crippen molar-refractivity contribution >= 4 is 47.9 Å². The van der Waals surface area contributed by atoms with Crippen molar-refractivity contribution in [2.75, 3.05) is 19.6 Å². The molecule has 1 unspecified atom stereocenters. The van der Waals surface area contributed by atoms with Crippen LogP contribution in [0.4, 0.5) is 10.5 Å². The minimum Gasteiger partial charge on any atom is -0.479 e. The van der Waals surface area contributed by atoms with Gasteiger partial charge in [0.15, 0.2) is 12.0 Å². The highest BCUT2D eigenvalue weighted by atomic mass is 35.5. The molecule has 11 nitrogen and oxygen atoms in total. The van der Waals surface area contributed by atoms with Gasteiger partial charge in [-0.15, -0.1) is 12.4 Å². The summed E-state index contributed by atoms with van der Waals surface area (Å²) >= 11 is 0. The zero-order valence-corrected chi connectivity index (χ0v) is 18.9. The molecule has 1 saturated heterocycles. The molecule has 3 rings (SSSR count). The second-order valence-corrected chi connectivity index (χ2v) is 7.31. The minimum absolute atomic E-state index is 0. The summed E-state index contributed by atoms with van der Waals surface area (Å²) in [5, 5.41) is 12.4. The fourth-order valence-electron chi connectivity index (χ4n) is 3.44. The molecule has 2 aromatic carbocycles. The molecule has 1 fully saturated rings. The number of guanidine groups is 1. The van der Waals surface area contributed by atoms with Gasteiger partial charge in [0.05, 0.1) is 5.69 Å². The molecule has 0 spiro atoms.